The Bertz CT molecular complexity index is 303. The standard InChI is InChI=1S/C13H24N2O/c1-4-13(16,5-2)11-14-10-12-8-7-9-15(12)6-3/h7-9,14,16H,4-6,10-11H2,1-3H3. The van der Waals surface area contributed by atoms with Gasteiger partial charge in [0, 0.05) is 31.5 Å². The lowest BCUT2D eigenvalue weighted by Crippen LogP contribution is -2.39. The number of aliphatic hydroxyl groups is 1. The molecule has 0 amide bonds. The third kappa shape index (κ3) is 3.35. The molecule has 16 heavy (non-hydrogen) atoms. The van der Waals surface area contributed by atoms with Gasteiger partial charge in [0.1, 0.15) is 0 Å². The Labute approximate surface area is 98.5 Å². The zero-order valence-corrected chi connectivity index (χ0v) is 10.7. The molecule has 0 atom stereocenters. The van der Waals surface area contributed by atoms with Crippen molar-refractivity contribution in [1.29, 1.82) is 0 Å². The molecule has 1 rings (SSSR count). The topological polar surface area (TPSA) is 37.2 Å². The zero-order chi connectivity index (χ0) is 12.0. The van der Waals surface area contributed by atoms with Gasteiger partial charge in [0.2, 0.25) is 0 Å². The van der Waals surface area contributed by atoms with Crippen molar-refractivity contribution < 1.29 is 5.11 Å². The maximum atomic E-state index is 10.1. The summed E-state index contributed by atoms with van der Waals surface area (Å²) in [5.41, 5.74) is 0.723. The first-order valence-electron chi connectivity index (χ1n) is 6.22. The highest BCUT2D eigenvalue weighted by atomic mass is 16.3. The van der Waals surface area contributed by atoms with Crippen LogP contribution >= 0.6 is 0 Å². The Hall–Kier alpha value is -0.800. The van der Waals surface area contributed by atoms with Crippen molar-refractivity contribution in [3.63, 3.8) is 0 Å². The van der Waals surface area contributed by atoms with Gasteiger partial charge in [-0.05, 0) is 31.9 Å². The fourth-order valence-corrected chi connectivity index (χ4v) is 1.84. The second-order valence-electron chi connectivity index (χ2n) is 4.32. The number of rotatable bonds is 7. The van der Waals surface area contributed by atoms with E-state index in [2.05, 4.69) is 35.1 Å². The number of aromatic nitrogens is 1. The Balaban J connectivity index is 2.41. The van der Waals surface area contributed by atoms with Gasteiger partial charge in [-0.2, -0.15) is 0 Å². The van der Waals surface area contributed by atoms with Crippen molar-refractivity contribution in [2.75, 3.05) is 6.54 Å². The van der Waals surface area contributed by atoms with Crippen LogP contribution in [-0.2, 0) is 13.1 Å². The SMILES string of the molecule is CCn1cccc1CNCC(O)(CC)CC. The Kier molecular flexibility index (Phi) is 5.03. The summed E-state index contributed by atoms with van der Waals surface area (Å²) in [6.07, 6.45) is 3.68. The first kappa shape index (κ1) is 13.3. The van der Waals surface area contributed by atoms with Gasteiger partial charge in [0.25, 0.3) is 0 Å². The summed E-state index contributed by atoms with van der Waals surface area (Å²) in [6, 6.07) is 4.18. The van der Waals surface area contributed by atoms with Gasteiger partial charge in [-0.15, -0.1) is 0 Å². The summed E-state index contributed by atoms with van der Waals surface area (Å²) >= 11 is 0. The van der Waals surface area contributed by atoms with Crippen molar-refractivity contribution in [1.82, 2.24) is 9.88 Å². The normalized spacial score (nSPS) is 12.0. The van der Waals surface area contributed by atoms with E-state index in [1.54, 1.807) is 0 Å². The number of nitrogens with zero attached hydrogens (tertiary/aromatic N) is 1. The van der Waals surface area contributed by atoms with Crippen LogP contribution in [-0.4, -0.2) is 21.8 Å². The average Bonchev–Trinajstić information content (AvgIpc) is 2.76. The lowest BCUT2D eigenvalue weighted by molar-refractivity contribution is 0.0322. The summed E-state index contributed by atoms with van der Waals surface area (Å²) in [5, 5.41) is 13.4. The molecule has 0 aliphatic carbocycles. The van der Waals surface area contributed by atoms with E-state index < -0.39 is 5.60 Å². The van der Waals surface area contributed by atoms with Crippen molar-refractivity contribution >= 4 is 0 Å². The smallest absolute Gasteiger partial charge is 0.0766 e. The van der Waals surface area contributed by atoms with E-state index in [0.717, 1.165) is 25.9 Å². The van der Waals surface area contributed by atoms with Gasteiger partial charge >= 0.3 is 0 Å². The molecule has 0 aromatic carbocycles. The molecule has 3 heteroatoms. The van der Waals surface area contributed by atoms with Crippen LogP contribution in [0, 0.1) is 0 Å². The molecular weight excluding hydrogens is 200 g/mol. The van der Waals surface area contributed by atoms with Gasteiger partial charge < -0.3 is 15.0 Å². The minimum Gasteiger partial charge on any atom is -0.389 e. The summed E-state index contributed by atoms with van der Waals surface area (Å²) in [6.45, 7) is 8.67. The molecule has 92 valence electrons. The first-order chi connectivity index (χ1) is 7.65. The number of aryl methyl sites for hydroxylation is 1. The van der Waals surface area contributed by atoms with Crippen LogP contribution in [0.3, 0.4) is 0 Å². The van der Waals surface area contributed by atoms with Gasteiger partial charge in [-0.25, -0.2) is 0 Å². The van der Waals surface area contributed by atoms with Crippen LogP contribution in [0.25, 0.3) is 0 Å². The Morgan fingerprint density at radius 3 is 2.56 bits per heavy atom. The molecule has 0 radical (unpaired) electrons. The highest BCUT2D eigenvalue weighted by Crippen LogP contribution is 2.13. The number of hydrogen-bond acceptors (Lipinski definition) is 2. The van der Waals surface area contributed by atoms with E-state index >= 15 is 0 Å². The second kappa shape index (κ2) is 6.06. The van der Waals surface area contributed by atoms with Gasteiger partial charge in [-0.3, -0.25) is 0 Å². The highest BCUT2D eigenvalue weighted by Gasteiger charge is 2.21. The third-order valence-corrected chi connectivity index (χ3v) is 3.34. The van der Waals surface area contributed by atoms with Crippen molar-refractivity contribution in [2.24, 2.45) is 0 Å². The molecule has 1 heterocycles. The van der Waals surface area contributed by atoms with Crippen molar-refractivity contribution in [3.8, 4) is 0 Å². The average molecular weight is 224 g/mol. The van der Waals surface area contributed by atoms with E-state index in [1.807, 2.05) is 13.8 Å². The second-order valence-corrected chi connectivity index (χ2v) is 4.32. The fraction of sp³-hybridized carbons (Fsp3) is 0.692. The van der Waals surface area contributed by atoms with Gasteiger partial charge in [0.05, 0.1) is 5.60 Å². The predicted octanol–water partition coefficient (Wildman–Crippen LogP) is 2.15. The number of nitrogens with one attached hydrogen (secondary N) is 1. The van der Waals surface area contributed by atoms with Crippen LogP contribution in [0.5, 0.6) is 0 Å². The van der Waals surface area contributed by atoms with Crippen LogP contribution in [0.2, 0.25) is 0 Å². The third-order valence-electron chi connectivity index (χ3n) is 3.34. The maximum absolute atomic E-state index is 10.1. The Morgan fingerprint density at radius 2 is 2.00 bits per heavy atom. The summed E-state index contributed by atoms with van der Waals surface area (Å²) < 4.78 is 2.21. The van der Waals surface area contributed by atoms with E-state index in [4.69, 9.17) is 0 Å². The molecule has 3 nitrogen and oxygen atoms in total. The van der Waals surface area contributed by atoms with E-state index in [0.29, 0.717) is 6.54 Å². The predicted molar refractivity (Wildman–Crippen MR) is 67.3 cm³/mol. The fourth-order valence-electron chi connectivity index (χ4n) is 1.84. The summed E-state index contributed by atoms with van der Waals surface area (Å²) in [4.78, 5) is 0. The van der Waals surface area contributed by atoms with E-state index in [1.165, 1.54) is 5.69 Å². The molecule has 0 saturated carbocycles. The summed E-state index contributed by atoms with van der Waals surface area (Å²) in [7, 11) is 0. The molecule has 1 aromatic heterocycles. The molecule has 0 saturated heterocycles. The molecule has 0 bridgehead atoms. The highest BCUT2D eigenvalue weighted by molar-refractivity contribution is 5.06. The molecule has 0 unspecified atom stereocenters. The quantitative estimate of drug-likeness (QED) is 0.744. The monoisotopic (exact) mass is 224 g/mol. The van der Waals surface area contributed by atoms with Crippen LogP contribution < -0.4 is 5.32 Å². The minimum atomic E-state index is -0.552. The van der Waals surface area contributed by atoms with Crippen LogP contribution in [0.4, 0.5) is 0 Å². The molecule has 0 spiro atoms. The van der Waals surface area contributed by atoms with Crippen molar-refractivity contribution in [2.45, 2.75) is 52.3 Å². The minimum absolute atomic E-state index is 0.552. The lowest BCUT2D eigenvalue weighted by atomic mass is 9.98. The van der Waals surface area contributed by atoms with Gasteiger partial charge in [0.15, 0.2) is 0 Å². The van der Waals surface area contributed by atoms with E-state index in [-0.39, 0.29) is 0 Å². The molecule has 1 aromatic rings. The van der Waals surface area contributed by atoms with E-state index in [9.17, 15) is 5.11 Å². The molecule has 2 N–H and O–H groups in total. The Morgan fingerprint density at radius 1 is 1.31 bits per heavy atom. The molecule has 0 aliphatic heterocycles. The molecule has 0 aliphatic rings. The maximum Gasteiger partial charge on any atom is 0.0766 e. The molecular formula is C13H24N2O. The zero-order valence-electron chi connectivity index (χ0n) is 10.7. The number of hydrogen-bond donors (Lipinski definition) is 2. The van der Waals surface area contributed by atoms with Gasteiger partial charge in [-0.1, -0.05) is 13.8 Å². The lowest BCUT2D eigenvalue weighted by Gasteiger charge is -2.25. The molecule has 0 fully saturated rings. The van der Waals surface area contributed by atoms with Crippen LogP contribution in [0.1, 0.15) is 39.3 Å². The van der Waals surface area contributed by atoms with Crippen LogP contribution in [0.15, 0.2) is 18.3 Å². The van der Waals surface area contributed by atoms with Crippen molar-refractivity contribution in [3.05, 3.63) is 24.0 Å². The first-order valence-corrected chi connectivity index (χ1v) is 6.22. The summed E-state index contributed by atoms with van der Waals surface area (Å²) in [5.74, 6) is 0. The largest absolute Gasteiger partial charge is 0.389 e.